The first-order valence-electron chi connectivity index (χ1n) is 4.54. The van der Waals surface area contributed by atoms with Crippen LogP contribution in [0.25, 0.3) is 0 Å². The van der Waals surface area contributed by atoms with Crippen molar-refractivity contribution in [3.05, 3.63) is 35.9 Å². The molecule has 4 nitrogen and oxygen atoms in total. The molecule has 0 amide bonds. The fourth-order valence-electron chi connectivity index (χ4n) is 1.45. The van der Waals surface area contributed by atoms with Gasteiger partial charge in [-0.3, -0.25) is 9.59 Å². The molecule has 15 heavy (non-hydrogen) atoms. The van der Waals surface area contributed by atoms with Crippen LogP contribution < -0.4 is 0 Å². The number of aliphatic carboxylic acids is 2. The van der Waals surface area contributed by atoms with Crippen molar-refractivity contribution in [3.8, 4) is 0 Å². The Morgan fingerprint density at radius 2 is 1.60 bits per heavy atom. The van der Waals surface area contributed by atoms with Crippen LogP contribution in [0, 0.1) is 5.92 Å². The molecule has 2 atom stereocenters. The van der Waals surface area contributed by atoms with E-state index in [4.69, 9.17) is 10.2 Å². The van der Waals surface area contributed by atoms with Crippen LogP contribution in [0.3, 0.4) is 0 Å². The smallest absolute Gasteiger partial charge is 0.311 e. The van der Waals surface area contributed by atoms with Gasteiger partial charge in [-0.25, -0.2) is 0 Å². The molecule has 1 aromatic rings. The first-order chi connectivity index (χ1) is 7.04. The Morgan fingerprint density at radius 3 is 2.00 bits per heavy atom. The number of carboxylic acids is 2. The molecule has 0 saturated carbocycles. The summed E-state index contributed by atoms with van der Waals surface area (Å²) in [5, 5.41) is 17.8. The summed E-state index contributed by atoms with van der Waals surface area (Å²) in [7, 11) is 0. The second-order valence-electron chi connectivity index (χ2n) is 3.35. The molecule has 0 fully saturated rings. The van der Waals surface area contributed by atoms with Gasteiger partial charge in [0.05, 0.1) is 11.8 Å². The summed E-state index contributed by atoms with van der Waals surface area (Å²) in [6.07, 6.45) is 0. The maximum atomic E-state index is 11.0. The zero-order chi connectivity index (χ0) is 11.4. The van der Waals surface area contributed by atoms with E-state index in [1.165, 1.54) is 6.92 Å². The molecule has 1 rings (SSSR count). The maximum absolute atomic E-state index is 11.0. The fourth-order valence-corrected chi connectivity index (χ4v) is 1.45. The number of carboxylic acid groups (broad SMARTS) is 2. The van der Waals surface area contributed by atoms with E-state index in [0.717, 1.165) is 0 Å². The van der Waals surface area contributed by atoms with E-state index >= 15 is 0 Å². The van der Waals surface area contributed by atoms with E-state index in [1.54, 1.807) is 30.3 Å². The predicted octanol–water partition coefficient (Wildman–Crippen LogP) is 1.58. The third kappa shape index (κ3) is 2.56. The number of hydrogen-bond donors (Lipinski definition) is 2. The highest BCUT2D eigenvalue weighted by Crippen LogP contribution is 2.24. The van der Waals surface area contributed by atoms with Gasteiger partial charge in [0.15, 0.2) is 0 Å². The van der Waals surface area contributed by atoms with E-state index in [1.807, 2.05) is 0 Å². The molecule has 0 unspecified atom stereocenters. The molecule has 0 aliphatic rings. The van der Waals surface area contributed by atoms with Gasteiger partial charge >= 0.3 is 11.9 Å². The summed E-state index contributed by atoms with van der Waals surface area (Å²) < 4.78 is 0. The minimum absolute atomic E-state index is 0.514. The highest BCUT2D eigenvalue weighted by Gasteiger charge is 2.31. The van der Waals surface area contributed by atoms with Crippen LogP contribution in [0.15, 0.2) is 30.3 Å². The van der Waals surface area contributed by atoms with E-state index in [2.05, 4.69) is 0 Å². The van der Waals surface area contributed by atoms with E-state index in [0.29, 0.717) is 5.56 Å². The highest BCUT2D eigenvalue weighted by molar-refractivity contribution is 5.84. The zero-order valence-electron chi connectivity index (χ0n) is 8.25. The molecule has 0 aliphatic heterocycles. The standard InChI is InChI=1S/C11H12O4/c1-7(10(12)13)9(11(14)15)8-5-3-2-4-6-8/h2-7,9H,1H3,(H,12,13)(H,14,15)/t7-,9+/m1/s1. The second kappa shape index (κ2) is 4.59. The van der Waals surface area contributed by atoms with Crippen LogP contribution >= 0.6 is 0 Å². The first-order valence-corrected chi connectivity index (χ1v) is 4.54. The maximum Gasteiger partial charge on any atom is 0.311 e. The van der Waals surface area contributed by atoms with Crippen LogP contribution in [0.5, 0.6) is 0 Å². The number of hydrogen-bond acceptors (Lipinski definition) is 2. The molecule has 0 aromatic heterocycles. The van der Waals surface area contributed by atoms with Crippen molar-refractivity contribution in [2.24, 2.45) is 5.92 Å². The topological polar surface area (TPSA) is 74.6 Å². The van der Waals surface area contributed by atoms with E-state index < -0.39 is 23.8 Å². The lowest BCUT2D eigenvalue weighted by Gasteiger charge is -2.16. The average molecular weight is 208 g/mol. The van der Waals surface area contributed by atoms with Gasteiger partial charge in [0, 0.05) is 0 Å². The molecule has 2 N–H and O–H groups in total. The molecule has 80 valence electrons. The normalized spacial score (nSPS) is 14.2. The summed E-state index contributed by atoms with van der Waals surface area (Å²) >= 11 is 0. The van der Waals surface area contributed by atoms with Crippen LogP contribution in [0.2, 0.25) is 0 Å². The van der Waals surface area contributed by atoms with Gasteiger partial charge in [-0.2, -0.15) is 0 Å². The van der Waals surface area contributed by atoms with Crippen LogP contribution in [-0.4, -0.2) is 22.2 Å². The summed E-state index contributed by atoms with van der Waals surface area (Å²) in [5.41, 5.74) is 0.514. The van der Waals surface area contributed by atoms with Crippen molar-refractivity contribution in [1.82, 2.24) is 0 Å². The lowest BCUT2D eigenvalue weighted by molar-refractivity contribution is -0.149. The van der Waals surface area contributed by atoms with Gasteiger partial charge in [-0.1, -0.05) is 37.3 Å². The van der Waals surface area contributed by atoms with E-state index in [-0.39, 0.29) is 0 Å². The molecule has 0 radical (unpaired) electrons. The van der Waals surface area contributed by atoms with Crippen LogP contribution in [-0.2, 0) is 9.59 Å². The molecular formula is C11H12O4. The Labute approximate surface area is 87.2 Å². The molecular weight excluding hydrogens is 196 g/mol. The largest absolute Gasteiger partial charge is 0.481 e. The molecule has 0 saturated heterocycles. The van der Waals surface area contributed by atoms with Crippen LogP contribution in [0.4, 0.5) is 0 Å². The van der Waals surface area contributed by atoms with Crippen molar-refractivity contribution in [2.75, 3.05) is 0 Å². The third-order valence-corrected chi connectivity index (χ3v) is 2.31. The molecule has 0 bridgehead atoms. The summed E-state index contributed by atoms with van der Waals surface area (Å²) in [4.78, 5) is 21.7. The molecule has 0 aliphatic carbocycles. The number of benzene rings is 1. The van der Waals surface area contributed by atoms with Crippen molar-refractivity contribution in [1.29, 1.82) is 0 Å². The van der Waals surface area contributed by atoms with Crippen molar-refractivity contribution in [3.63, 3.8) is 0 Å². The average Bonchev–Trinajstić information content (AvgIpc) is 2.18. The minimum atomic E-state index is -1.11. The number of carbonyl (C=O) groups is 2. The monoisotopic (exact) mass is 208 g/mol. The third-order valence-electron chi connectivity index (χ3n) is 2.31. The summed E-state index contributed by atoms with van der Waals surface area (Å²) in [6, 6.07) is 8.39. The molecule has 0 heterocycles. The van der Waals surface area contributed by atoms with Gasteiger partial charge in [-0.15, -0.1) is 0 Å². The van der Waals surface area contributed by atoms with Crippen molar-refractivity contribution < 1.29 is 19.8 Å². The van der Waals surface area contributed by atoms with E-state index in [9.17, 15) is 9.59 Å². The SMILES string of the molecule is C[C@@H](C(=O)O)[C@H](C(=O)O)c1ccccc1. The summed E-state index contributed by atoms with van der Waals surface area (Å²) in [5.74, 6) is -4.16. The summed E-state index contributed by atoms with van der Waals surface area (Å²) in [6.45, 7) is 1.40. The second-order valence-corrected chi connectivity index (χ2v) is 3.35. The molecule has 1 aromatic carbocycles. The predicted molar refractivity (Wildman–Crippen MR) is 53.6 cm³/mol. The fraction of sp³-hybridized carbons (Fsp3) is 0.273. The van der Waals surface area contributed by atoms with Gasteiger partial charge in [0.1, 0.15) is 0 Å². The van der Waals surface area contributed by atoms with Gasteiger partial charge in [0.2, 0.25) is 0 Å². The van der Waals surface area contributed by atoms with Gasteiger partial charge < -0.3 is 10.2 Å². The first kappa shape index (κ1) is 11.2. The molecule has 4 heteroatoms. The lowest BCUT2D eigenvalue weighted by atomic mass is 9.87. The highest BCUT2D eigenvalue weighted by atomic mass is 16.4. The zero-order valence-corrected chi connectivity index (χ0v) is 8.25. The minimum Gasteiger partial charge on any atom is -0.481 e. The van der Waals surface area contributed by atoms with Gasteiger partial charge in [-0.05, 0) is 5.56 Å². The number of rotatable bonds is 4. The Bertz CT molecular complexity index is 358. The quantitative estimate of drug-likeness (QED) is 0.787. The Morgan fingerprint density at radius 1 is 1.07 bits per heavy atom. The van der Waals surface area contributed by atoms with Crippen molar-refractivity contribution in [2.45, 2.75) is 12.8 Å². The Kier molecular flexibility index (Phi) is 3.44. The Hall–Kier alpha value is -1.84. The van der Waals surface area contributed by atoms with Crippen LogP contribution in [0.1, 0.15) is 18.4 Å². The lowest BCUT2D eigenvalue weighted by Crippen LogP contribution is -2.25. The van der Waals surface area contributed by atoms with Gasteiger partial charge in [0.25, 0.3) is 0 Å². The van der Waals surface area contributed by atoms with Crippen molar-refractivity contribution >= 4 is 11.9 Å². The molecule has 0 spiro atoms. The Balaban J connectivity index is 3.04.